The van der Waals surface area contributed by atoms with Gasteiger partial charge in [0.2, 0.25) is 0 Å². The Balaban J connectivity index is 1.92. The third-order valence-corrected chi connectivity index (χ3v) is 4.79. The fraction of sp³-hybridized carbons (Fsp3) is 0.350. The van der Waals surface area contributed by atoms with Gasteiger partial charge >= 0.3 is 0 Å². The highest BCUT2D eigenvalue weighted by molar-refractivity contribution is 6.10. The minimum atomic E-state index is 0.226. The summed E-state index contributed by atoms with van der Waals surface area (Å²) in [5, 5.41) is 2.45. The van der Waals surface area contributed by atoms with Crippen LogP contribution in [-0.2, 0) is 7.05 Å². The van der Waals surface area contributed by atoms with Crippen molar-refractivity contribution in [2.24, 2.45) is 7.05 Å². The first-order valence-electron chi connectivity index (χ1n) is 8.38. The second-order valence-electron chi connectivity index (χ2n) is 6.01. The number of ketones is 1. The summed E-state index contributed by atoms with van der Waals surface area (Å²) in [5.41, 5.74) is 3.14. The number of para-hydroxylation sites is 1. The minimum absolute atomic E-state index is 0.226. The lowest BCUT2D eigenvalue weighted by Crippen LogP contribution is -2.25. The standard InChI is InChI=1S/C20H24N2O/c1-4-22(5-2)13-12-20(23)15-10-11-17-16-8-6-7-9-18(16)21(3)19(17)14-15/h6-11,14H,4-5,12-13H2,1-3H3. The zero-order valence-corrected chi connectivity index (χ0v) is 14.2. The number of aryl methyl sites for hydroxylation is 1. The third-order valence-electron chi connectivity index (χ3n) is 4.79. The molecule has 0 saturated carbocycles. The van der Waals surface area contributed by atoms with Crippen LogP contribution in [0.5, 0.6) is 0 Å². The lowest BCUT2D eigenvalue weighted by molar-refractivity contribution is 0.0966. The zero-order chi connectivity index (χ0) is 16.4. The molecule has 1 aromatic heterocycles. The number of carbonyl (C=O) groups excluding carboxylic acids is 1. The molecule has 0 spiro atoms. The van der Waals surface area contributed by atoms with Crippen molar-refractivity contribution in [3.05, 3.63) is 48.0 Å². The lowest BCUT2D eigenvalue weighted by atomic mass is 10.0. The summed E-state index contributed by atoms with van der Waals surface area (Å²) in [6, 6.07) is 14.5. The molecule has 0 fully saturated rings. The smallest absolute Gasteiger partial charge is 0.164 e. The largest absolute Gasteiger partial charge is 0.344 e. The van der Waals surface area contributed by atoms with Crippen molar-refractivity contribution in [1.29, 1.82) is 0 Å². The lowest BCUT2D eigenvalue weighted by Gasteiger charge is -2.17. The molecule has 0 radical (unpaired) electrons. The average molecular weight is 308 g/mol. The molecule has 0 saturated heterocycles. The fourth-order valence-corrected chi connectivity index (χ4v) is 3.28. The van der Waals surface area contributed by atoms with Gasteiger partial charge < -0.3 is 9.47 Å². The van der Waals surface area contributed by atoms with E-state index >= 15 is 0 Å². The summed E-state index contributed by atoms with van der Waals surface area (Å²) in [6.07, 6.45) is 0.580. The predicted molar refractivity (Wildman–Crippen MR) is 97.2 cm³/mol. The van der Waals surface area contributed by atoms with Gasteiger partial charge in [0.25, 0.3) is 0 Å². The van der Waals surface area contributed by atoms with Crippen LogP contribution in [0.2, 0.25) is 0 Å². The number of hydrogen-bond acceptors (Lipinski definition) is 2. The van der Waals surface area contributed by atoms with Gasteiger partial charge in [-0.1, -0.05) is 44.2 Å². The molecule has 1 heterocycles. The van der Waals surface area contributed by atoms with E-state index in [1.807, 2.05) is 12.1 Å². The predicted octanol–water partition coefficient (Wildman–Crippen LogP) is 4.25. The molecule has 0 bridgehead atoms. The molecule has 3 rings (SSSR count). The molecule has 2 aromatic carbocycles. The van der Waals surface area contributed by atoms with Gasteiger partial charge in [-0.25, -0.2) is 0 Å². The zero-order valence-electron chi connectivity index (χ0n) is 14.2. The Morgan fingerprint density at radius 3 is 2.43 bits per heavy atom. The third kappa shape index (κ3) is 2.89. The molecule has 0 unspecified atom stereocenters. The van der Waals surface area contributed by atoms with Crippen LogP contribution in [0.4, 0.5) is 0 Å². The summed E-state index contributed by atoms with van der Waals surface area (Å²) < 4.78 is 2.17. The van der Waals surface area contributed by atoms with Crippen molar-refractivity contribution in [2.75, 3.05) is 19.6 Å². The Morgan fingerprint density at radius 1 is 1.00 bits per heavy atom. The normalized spacial score (nSPS) is 11.7. The van der Waals surface area contributed by atoms with E-state index in [1.165, 1.54) is 16.3 Å². The van der Waals surface area contributed by atoms with E-state index in [-0.39, 0.29) is 5.78 Å². The highest BCUT2D eigenvalue weighted by atomic mass is 16.1. The molecule has 120 valence electrons. The molecule has 23 heavy (non-hydrogen) atoms. The van der Waals surface area contributed by atoms with Gasteiger partial charge in [0.15, 0.2) is 5.78 Å². The van der Waals surface area contributed by atoms with Gasteiger partial charge in [0, 0.05) is 47.4 Å². The topological polar surface area (TPSA) is 25.2 Å². The van der Waals surface area contributed by atoms with Gasteiger partial charge in [0.05, 0.1) is 0 Å². The van der Waals surface area contributed by atoms with Crippen LogP contribution in [0.25, 0.3) is 21.8 Å². The van der Waals surface area contributed by atoms with Crippen molar-refractivity contribution in [2.45, 2.75) is 20.3 Å². The first kappa shape index (κ1) is 15.8. The van der Waals surface area contributed by atoms with Gasteiger partial charge in [-0.2, -0.15) is 0 Å². The molecular formula is C20H24N2O. The van der Waals surface area contributed by atoms with Gasteiger partial charge in [-0.05, 0) is 25.2 Å². The van der Waals surface area contributed by atoms with E-state index in [0.29, 0.717) is 6.42 Å². The summed E-state index contributed by atoms with van der Waals surface area (Å²) in [5.74, 6) is 0.226. The first-order chi connectivity index (χ1) is 11.2. The number of Topliss-reactive ketones (excluding diaryl/α,β-unsaturated/α-hetero) is 1. The number of rotatable bonds is 6. The van der Waals surface area contributed by atoms with E-state index in [2.05, 4.69) is 60.7 Å². The van der Waals surface area contributed by atoms with E-state index in [0.717, 1.165) is 30.7 Å². The van der Waals surface area contributed by atoms with Crippen LogP contribution in [-0.4, -0.2) is 34.9 Å². The molecule has 0 N–H and O–H groups in total. The summed E-state index contributed by atoms with van der Waals surface area (Å²) >= 11 is 0. The molecule has 3 nitrogen and oxygen atoms in total. The first-order valence-corrected chi connectivity index (χ1v) is 8.38. The Hall–Kier alpha value is -2.13. The molecular weight excluding hydrogens is 284 g/mol. The van der Waals surface area contributed by atoms with Gasteiger partial charge in [-0.15, -0.1) is 0 Å². The Bertz CT molecular complexity index is 843. The Morgan fingerprint density at radius 2 is 1.70 bits per heavy atom. The van der Waals surface area contributed by atoms with E-state index < -0.39 is 0 Å². The van der Waals surface area contributed by atoms with Gasteiger partial charge in [0.1, 0.15) is 0 Å². The maximum Gasteiger partial charge on any atom is 0.164 e. The monoisotopic (exact) mass is 308 g/mol. The van der Waals surface area contributed by atoms with Gasteiger partial charge in [-0.3, -0.25) is 4.79 Å². The van der Waals surface area contributed by atoms with Crippen molar-refractivity contribution >= 4 is 27.6 Å². The molecule has 0 aliphatic rings. The fourth-order valence-electron chi connectivity index (χ4n) is 3.28. The van der Waals surface area contributed by atoms with Crippen LogP contribution in [0.15, 0.2) is 42.5 Å². The number of fused-ring (bicyclic) bond motifs is 3. The van der Waals surface area contributed by atoms with Crippen molar-refractivity contribution < 1.29 is 4.79 Å². The van der Waals surface area contributed by atoms with Crippen molar-refractivity contribution in [1.82, 2.24) is 9.47 Å². The minimum Gasteiger partial charge on any atom is -0.344 e. The summed E-state index contributed by atoms with van der Waals surface area (Å²) in [4.78, 5) is 14.8. The quantitative estimate of drug-likeness (QED) is 0.636. The summed E-state index contributed by atoms with van der Waals surface area (Å²) in [6.45, 7) is 7.09. The van der Waals surface area contributed by atoms with Crippen molar-refractivity contribution in [3.8, 4) is 0 Å². The molecule has 0 aliphatic heterocycles. The number of carbonyl (C=O) groups is 1. The summed E-state index contributed by atoms with van der Waals surface area (Å²) in [7, 11) is 2.06. The average Bonchev–Trinajstić information content (AvgIpc) is 2.88. The van der Waals surface area contributed by atoms with Crippen molar-refractivity contribution in [3.63, 3.8) is 0 Å². The Kier molecular flexibility index (Phi) is 4.49. The highest BCUT2D eigenvalue weighted by Crippen LogP contribution is 2.28. The SMILES string of the molecule is CCN(CC)CCC(=O)c1ccc2c3ccccc3n(C)c2c1. The highest BCUT2D eigenvalue weighted by Gasteiger charge is 2.12. The molecule has 3 heteroatoms. The number of nitrogens with zero attached hydrogens (tertiary/aromatic N) is 2. The van der Waals surface area contributed by atoms with Crippen LogP contribution in [0.1, 0.15) is 30.6 Å². The molecule has 0 aliphatic carbocycles. The molecule has 0 amide bonds. The van der Waals surface area contributed by atoms with Crippen LogP contribution >= 0.6 is 0 Å². The maximum atomic E-state index is 12.5. The maximum absolute atomic E-state index is 12.5. The van der Waals surface area contributed by atoms with E-state index in [9.17, 15) is 4.79 Å². The second-order valence-corrected chi connectivity index (χ2v) is 6.01. The second kappa shape index (κ2) is 6.55. The van der Waals surface area contributed by atoms with Crippen LogP contribution < -0.4 is 0 Å². The number of hydrogen-bond donors (Lipinski definition) is 0. The molecule has 0 atom stereocenters. The number of benzene rings is 2. The van der Waals surface area contributed by atoms with E-state index in [1.54, 1.807) is 0 Å². The molecule has 3 aromatic rings. The Labute approximate surface area is 137 Å². The number of aromatic nitrogens is 1. The van der Waals surface area contributed by atoms with E-state index in [4.69, 9.17) is 0 Å². The van der Waals surface area contributed by atoms with Crippen LogP contribution in [0, 0.1) is 0 Å². The van der Waals surface area contributed by atoms with Crippen LogP contribution in [0.3, 0.4) is 0 Å².